The fourth-order valence-corrected chi connectivity index (χ4v) is 7.65. The van der Waals surface area contributed by atoms with Crippen LogP contribution in [0.4, 0.5) is 18.0 Å². The highest BCUT2D eigenvalue weighted by Crippen LogP contribution is 2.52. The number of carbonyl (C=O) groups is 3. The van der Waals surface area contributed by atoms with E-state index in [1.54, 1.807) is 54.8 Å². The summed E-state index contributed by atoms with van der Waals surface area (Å²) in [6, 6.07) is 10.4. The molecule has 2 saturated heterocycles. The molecule has 2 atom stereocenters. The number of likely N-dealkylation sites (tertiary alicyclic amines) is 1. The molecular weight excluding hydrogens is 657 g/mol. The van der Waals surface area contributed by atoms with Crippen LogP contribution in [0.5, 0.6) is 0 Å². The lowest BCUT2D eigenvalue weighted by Gasteiger charge is -2.53. The quantitative estimate of drug-likeness (QED) is 0.440. The van der Waals surface area contributed by atoms with Crippen molar-refractivity contribution >= 4 is 17.9 Å². The van der Waals surface area contributed by atoms with Crippen LogP contribution in [0.2, 0.25) is 0 Å². The predicted octanol–water partition coefficient (Wildman–Crippen LogP) is 4.29. The lowest BCUT2D eigenvalue weighted by Crippen LogP contribution is -2.62. The fourth-order valence-electron chi connectivity index (χ4n) is 7.65. The number of carbonyl (C=O) groups excluding carboxylic acids is 3. The molecular formula is C36H47F3N4O7. The van der Waals surface area contributed by atoms with Gasteiger partial charge in [0.05, 0.1) is 36.7 Å². The summed E-state index contributed by atoms with van der Waals surface area (Å²) in [7, 11) is 0. The smallest absolute Gasteiger partial charge is 0.410 e. The second-order valence-electron chi connectivity index (χ2n) is 14.9. The number of alkyl halides is 3. The summed E-state index contributed by atoms with van der Waals surface area (Å²) in [5.74, 6) is -2.78. The highest BCUT2D eigenvalue weighted by Gasteiger charge is 2.56. The first kappa shape index (κ1) is 37.3. The van der Waals surface area contributed by atoms with Crippen LogP contribution in [-0.4, -0.2) is 111 Å². The van der Waals surface area contributed by atoms with Crippen LogP contribution in [0.15, 0.2) is 47.4 Å². The molecule has 274 valence electrons. The Balaban J connectivity index is 1.42. The number of halogens is 3. The molecule has 3 heterocycles. The van der Waals surface area contributed by atoms with Crippen LogP contribution in [0.3, 0.4) is 0 Å². The summed E-state index contributed by atoms with van der Waals surface area (Å²) < 4.78 is 46.3. The van der Waals surface area contributed by atoms with E-state index in [1.807, 2.05) is 6.07 Å². The van der Waals surface area contributed by atoms with E-state index >= 15 is 0 Å². The normalized spacial score (nSPS) is 21.7. The molecule has 1 aliphatic carbocycles. The zero-order valence-corrected chi connectivity index (χ0v) is 28.9. The Kier molecular flexibility index (Phi) is 10.7. The maximum atomic E-state index is 14.2. The molecule has 0 bridgehead atoms. The molecule has 1 aromatic heterocycles. The topological polar surface area (TPSA) is 133 Å². The number of pyridine rings is 1. The van der Waals surface area contributed by atoms with Crippen LogP contribution in [-0.2, 0) is 16.1 Å². The largest absolute Gasteiger partial charge is 0.444 e. The summed E-state index contributed by atoms with van der Waals surface area (Å²) in [4.78, 5) is 58.2. The van der Waals surface area contributed by atoms with E-state index in [0.29, 0.717) is 24.0 Å². The van der Waals surface area contributed by atoms with Gasteiger partial charge in [-0.2, -0.15) is 13.2 Å². The summed E-state index contributed by atoms with van der Waals surface area (Å²) >= 11 is 0. The van der Waals surface area contributed by atoms with Gasteiger partial charge in [0.1, 0.15) is 5.60 Å². The first-order chi connectivity index (χ1) is 23.4. The molecule has 3 aliphatic rings. The maximum absolute atomic E-state index is 14.2. The monoisotopic (exact) mass is 704 g/mol. The number of ether oxygens (including phenoxy) is 1. The van der Waals surface area contributed by atoms with Gasteiger partial charge >= 0.3 is 12.3 Å². The minimum atomic E-state index is -4.63. The molecule has 1 spiro atoms. The fraction of sp³-hybridized carbons (Fsp3) is 0.611. The first-order valence-electron chi connectivity index (χ1n) is 17.2. The van der Waals surface area contributed by atoms with Crippen molar-refractivity contribution in [3.8, 4) is 11.1 Å². The minimum absolute atomic E-state index is 0.00124. The van der Waals surface area contributed by atoms with Gasteiger partial charge in [0, 0.05) is 62.5 Å². The number of piperazine rings is 1. The molecule has 50 heavy (non-hydrogen) atoms. The van der Waals surface area contributed by atoms with Gasteiger partial charge in [0.2, 0.25) is 5.91 Å². The summed E-state index contributed by atoms with van der Waals surface area (Å²) in [5.41, 5.74) is -2.17. The highest BCUT2D eigenvalue weighted by atomic mass is 19.4. The second-order valence-corrected chi connectivity index (χ2v) is 14.9. The number of amides is 3. The minimum Gasteiger partial charge on any atom is -0.444 e. The molecule has 2 aromatic rings. The molecule has 5 rings (SSSR count). The predicted molar refractivity (Wildman–Crippen MR) is 178 cm³/mol. The Labute approximate surface area is 289 Å². The molecule has 3 fully saturated rings. The number of aliphatic hydroxyl groups excluding tert-OH is 1. The van der Waals surface area contributed by atoms with Crippen molar-refractivity contribution in [3.05, 3.63) is 58.5 Å². The van der Waals surface area contributed by atoms with E-state index in [1.165, 1.54) is 21.7 Å². The second kappa shape index (κ2) is 14.4. The van der Waals surface area contributed by atoms with E-state index in [0.717, 1.165) is 12.8 Å². The SMILES string of the molecule is CC(C)(C)OC(=O)N1CCN(C(=O)c2cn(C[C@]3(O)CCN(C(=O)C(CO)CC(F)(F)F)CC34CCCC4)c(=O)cc2-c2ccccc2)CC1. The Morgan fingerprint density at radius 2 is 1.54 bits per heavy atom. The van der Waals surface area contributed by atoms with Gasteiger partial charge in [-0.3, -0.25) is 14.4 Å². The van der Waals surface area contributed by atoms with Crippen molar-refractivity contribution in [1.82, 2.24) is 19.3 Å². The lowest BCUT2D eigenvalue weighted by molar-refractivity contribution is -0.175. The van der Waals surface area contributed by atoms with Gasteiger partial charge in [-0.05, 0) is 45.6 Å². The van der Waals surface area contributed by atoms with Crippen LogP contribution in [0, 0.1) is 11.3 Å². The highest BCUT2D eigenvalue weighted by molar-refractivity contribution is 6.00. The van der Waals surface area contributed by atoms with Crippen LogP contribution < -0.4 is 5.56 Å². The number of hydrogen-bond donors (Lipinski definition) is 2. The maximum Gasteiger partial charge on any atom is 0.410 e. The molecule has 0 radical (unpaired) electrons. The number of nitrogens with zero attached hydrogens (tertiary/aromatic N) is 4. The Morgan fingerprint density at radius 3 is 2.12 bits per heavy atom. The van der Waals surface area contributed by atoms with E-state index in [4.69, 9.17) is 4.74 Å². The van der Waals surface area contributed by atoms with Gasteiger partial charge in [0.25, 0.3) is 11.5 Å². The van der Waals surface area contributed by atoms with Crippen molar-refractivity contribution in [2.45, 2.75) is 83.2 Å². The lowest BCUT2D eigenvalue weighted by atomic mass is 9.65. The van der Waals surface area contributed by atoms with Gasteiger partial charge in [-0.25, -0.2) is 4.79 Å². The van der Waals surface area contributed by atoms with E-state index < -0.39 is 59.3 Å². The number of piperidine rings is 1. The Hall–Kier alpha value is -3.91. The molecule has 1 aromatic carbocycles. The standard InChI is InChI=1S/C36H47F3N4O7/c1-33(2,3)50-32(48)41-17-15-40(16-18-41)31(47)28-21-43(29(45)19-27(28)25-9-5-4-6-10-25)24-35(49)13-14-42(23-34(35)11-7-8-12-34)30(46)26(22-44)20-36(37,38)39/h4-6,9-10,19,21,26,44,49H,7-8,11-18,20,22-24H2,1-3H3/t26?,35-/m1/s1. The van der Waals surface area contributed by atoms with Crippen molar-refractivity contribution in [2.75, 3.05) is 45.9 Å². The zero-order chi connectivity index (χ0) is 36.5. The van der Waals surface area contributed by atoms with Gasteiger partial charge in [-0.15, -0.1) is 0 Å². The van der Waals surface area contributed by atoms with Crippen molar-refractivity contribution in [2.24, 2.45) is 11.3 Å². The first-order valence-corrected chi connectivity index (χ1v) is 17.2. The summed E-state index contributed by atoms with van der Waals surface area (Å²) in [6.45, 7) is 5.19. The molecule has 1 saturated carbocycles. The number of benzene rings is 1. The van der Waals surface area contributed by atoms with Gasteiger partial charge in [-0.1, -0.05) is 43.2 Å². The summed E-state index contributed by atoms with van der Waals surface area (Å²) in [6.07, 6.45) is -2.58. The Bertz CT molecular complexity index is 1610. The van der Waals surface area contributed by atoms with Crippen LogP contribution >= 0.6 is 0 Å². The Morgan fingerprint density at radius 1 is 0.920 bits per heavy atom. The number of aromatic nitrogens is 1. The van der Waals surface area contributed by atoms with Gasteiger partial charge in [0.15, 0.2) is 0 Å². The van der Waals surface area contributed by atoms with Crippen LogP contribution in [0.1, 0.15) is 69.7 Å². The van der Waals surface area contributed by atoms with Crippen molar-refractivity contribution in [1.29, 1.82) is 0 Å². The van der Waals surface area contributed by atoms with Crippen molar-refractivity contribution < 1.29 is 42.5 Å². The number of rotatable bonds is 7. The summed E-state index contributed by atoms with van der Waals surface area (Å²) in [5, 5.41) is 22.0. The molecule has 11 nitrogen and oxygen atoms in total. The van der Waals surface area contributed by atoms with Crippen LogP contribution in [0.25, 0.3) is 11.1 Å². The third-order valence-corrected chi connectivity index (χ3v) is 10.3. The van der Waals surface area contributed by atoms with E-state index in [2.05, 4.69) is 0 Å². The molecule has 2 aliphatic heterocycles. The average Bonchev–Trinajstić information content (AvgIpc) is 3.54. The molecule has 1 unspecified atom stereocenters. The third kappa shape index (κ3) is 8.17. The number of hydrogen-bond acceptors (Lipinski definition) is 7. The third-order valence-electron chi connectivity index (χ3n) is 10.3. The van der Waals surface area contributed by atoms with Gasteiger partial charge < -0.3 is 34.2 Å². The molecule has 3 amide bonds. The van der Waals surface area contributed by atoms with E-state index in [9.17, 15) is 42.6 Å². The average molecular weight is 705 g/mol. The number of aliphatic hydroxyl groups is 2. The zero-order valence-electron chi connectivity index (χ0n) is 28.9. The molecule has 14 heteroatoms. The molecule has 2 N–H and O–H groups in total. The van der Waals surface area contributed by atoms with Crippen molar-refractivity contribution in [3.63, 3.8) is 0 Å². The van der Waals surface area contributed by atoms with E-state index in [-0.39, 0.29) is 63.7 Å².